The molecule has 1 amide bonds. The molecule has 1 atom stereocenters. The van der Waals surface area contributed by atoms with Crippen LogP contribution >= 0.6 is 22.9 Å². The third-order valence-electron chi connectivity index (χ3n) is 4.70. The maximum Gasteiger partial charge on any atom is 0.264 e. The number of nitrogens with zero attached hydrogens (tertiary/aromatic N) is 1. The summed E-state index contributed by atoms with van der Waals surface area (Å²) in [7, 11) is 0. The predicted octanol–water partition coefficient (Wildman–Crippen LogP) is 4.41. The third kappa shape index (κ3) is 3.18. The topological polar surface area (TPSA) is 57.6 Å². The Bertz CT molecular complexity index is 1000. The predicted molar refractivity (Wildman–Crippen MR) is 106 cm³/mol. The van der Waals surface area contributed by atoms with Crippen LogP contribution in [0.2, 0.25) is 5.02 Å². The lowest BCUT2D eigenvalue weighted by Crippen LogP contribution is -2.41. The van der Waals surface area contributed by atoms with Crippen LogP contribution in [-0.4, -0.2) is 16.8 Å². The van der Waals surface area contributed by atoms with Crippen molar-refractivity contribution in [3.05, 3.63) is 87.1 Å². The molecule has 0 bridgehead atoms. The van der Waals surface area contributed by atoms with Crippen LogP contribution in [0.4, 0.5) is 5.69 Å². The molecule has 0 radical (unpaired) electrons. The van der Waals surface area contributed by atoms with E-state index in [-0.39, 0.29) is 12.2 Å². The summed E-state index contributed by atoms with van der Waals surface area (Å²) in [6.45, 7) is 0.340. The Kier molecular flexibility index (Phi) is 4.60. The van der Waals surface area contributed by atoms with Crippen LogP contribution in [0.1, 0.15) is 27.2 Å². The van der Waals surface area contributed by atoms with E-state index in [0.29, 0.717) is 28.4 Å². The Labute approximate surface area is 165 Å². The first-order valence-corrected chi connectivity index (χ1v) is 9.70. The highest BCUT2D eigenvalue weighted by Gasteiger charge is 2.51. The van der Waals surface area contributed by atoms with Gasteiger partial charge < -0.3 is 10.0 Å². The minimum atomic E-state index is -1.93. The lowest BCUT2D eigenvalue weighted by molar-refractivity contribution is -0.136. The lowest BCUT2D eigenvalue weighted by atomic mass is 9.88. The van der Waals surface area contributed by atoms with E-state index < -0.39 is 11.5 Å². The van der Waals surface area contributed by atoms with E-state index in [1.165, 1.54) is 16.2 Å². The second kappa shape index (κ2) is 6.93. The molecule has 2 aromatic carbocycles. The van der Waals surface area contributed by atoms with Gasteiger partial charge in [-0.25, -0.2) is 0 Å². The van der Waals surface area contributed by atoms with Crippen LogP contribution in [-0.2, 0) is 16.9 Å². The molecule has 4 rings (SSSR count). The van der Waals surface area contributed by atoms with Crippen molar-refractivity contribution in [3.8, 4) is 0 Å². The monoisotopic (exact) mass is 397 g/mol. The van der Waals surface area contributed by atoms with Crippen LogP contribution in [0, 0.1) is 0 Å². The third-order valence-corrected chi connectivity index (χ3v) is 5.80. The second-order valence-corrected chi connectivity index (χ2v) is 7.93. The summed E-state index contributed by atoms with van der Waals surface area (Å²) in [5.41, 5.74) is -0.509. The van der Waals surface area contributed by atoms with Crippen molar-refractivity contribution in [2.45, 2.75) is 18.6 Å². The molecular weight excluding hydrogens is 382 g/mol. The van der Waals surface area contributed by atoms with Crippen LogP contribution in [0.3, 0.4) is 0 Å². The molecule has 0 aliphatic carbocycles. The summed E-state index contributed by atoms with van der Waals surface area (Å²) in [6, 6.07) is 17.5. The molecule has 1 aromatic heterocycles. The SMILES string of the molecule is O=C(CC1(O)C(=O)N(Cc2cccs2)c2ccc(Cl)cc21)c1ccccc1. The number of aliphatic hydroxyl groups is 1. The van der Waals surface area contributed by atoms with Crippen molar-refractivity contribution < 1.29 is 14.7 Å². The molecule has 0 saturated heterocycles. The molecule has 1 aliphatic heterocycles. The first-order valence-electron chi connectivity index (χ1n) is 8.44. The van der Waals surface area contributed by atoms with Crippen molar-refractivity contribution >= 4 is 40.3 Å². The number of hydrogen-bond donors (Lipinski definition) is 1. The lowest BCUT2D eigenvalue weighted by Gasteiger charge is -2.22. The van der Waals surface area contributed by atoms with Crippen molar-refractivity contribution in [2.75, 3.05) is 4.90 Å². The summed E-state index contributed by atoms with van der Waals surface area (Å²) in [5, 5.41) is 13.6. The van der Waals surface area contributed by atoms with Gasteiger partial charge >= 0.3 is 0 Å². The van der Waals surface area contributed by atoms with E-state index in [1.54, 1.807) is 42.5 Å². The first-order chi connectivity index (χ1) is 13.0. The molecule has 136 valence electrons. The number of benzene rings is 2. The number of amides is 1. The molecule has 27 heavy (non-hydrogen) atoms. The molecule has 0 saturated carbocycles. The molecule has 6 heteroatoms. The van der Waals surface area contributed by atoms with Crippen LogP contribution in [0.25, 0.3) is 0 Å². The highest BCUT2D eigenvalue weighted by molar-refractivity contribution is 7.09. The minimum absolute atomic E-state index is 0.296. The Hall–Kier alpha value is -2.47. The Morgan fingerprint density at radius 2 is 1.89 bits per heavy atom. The average Bonchev–Trinajstić information content (AvgIpc) is 3.25. The summed E-state index contributed by atoms with van der Waals surface area (Å²) < 4.78 is 0. The van der Waals surface area contributed by atoms with Gasteiger partial charge in [0.05, 0.1) is 18.7 Å². The van der Waals surface area contributed by atoms with Crippen molar-refractivity contribution in [1.82, 2.24) is 0 Å². The van der Waals surface area contributed by atoms with Gasteiger partial charge in [-0.15, -0.1) is 11.3 Å². The number of halogens is 1. The van der Waals surface area contributed by atoms with Gasteiger partial charge in [0.15, 0.2) is 11.4 Å². The van der Waals surface area contributed by atoms with E-state index in [2.05, 4.69) is 0 Å². The van der Waals surface area contributed by atoms with Gasteiger partial charge in [0.25, 0.3) is 5.91 Å². The molecule has 4 nitrogen and oxygen atoms in total. The van der Waals surface area contributed by atoms with Crippen molar-refractivity contribution in [3.63, 3.8) is 0 Å². The maximum atomic E-state index is 13.2. The Morgan fingerprint density at radius 1 is 1.11 bits per heavy atom. The zero-order chi connectivity index (χ0) is 19.0. The molecule has 1 unspecified atom stereocenters. The smallest absolute Gasteiger partial charge is 0.264 e. The fraction of sp³-hybridized carbons (Fsp3) is 0.143. The molecular formula is C21H16ClNO3S. The number of Topliss-reactive ketones (excluding diaryl/α,β-unsaturated/α-hetero) is 1. The zero-order valence-electron chi connectivity index (χ0n) is 14.3. The number of carbonyl (C=O) groups is 2. The quantitative estimate of drug-likeness (QED) is 0.649. The standard InChI is InChI=1S/C21H16ClNO3S/c22-15-8-9-18-17(11-15)21(26,12-19(24)14-5-2-1-3-6-14)20(25)23(18)13-16-7-4-10-27-16/h1-11,26H,12-13H2. The average molecular weight is 398 g/mol. The normalized spacial score (nSPS) is 18.6. The fourth-order valence-corrected chi connectivity index (χ4v) is 4.23. The van der Waals surface area contributed by atoms with Crippen LogP contribution < -0.4 is 4.90 Å². The summed E-state index contributed by atoms with van der Waals surface area (Å²) in [4.78, 5) is 28.4. The molecule has 3 aromatic rings. The number of ketones is 1. The van der Waals surface area contributed by atoms with Crippen molar-refractivity contribution in [1.29, 1.82) is 0 Å². The fourth-order valence-electron chi connectivity index (χ4n) is 3.37. The number of hydrogen-bond acceptors (Lipinski definition) is 4. The van der Waals surface area contributed by atoms with E-state index in [1.807, 2.05) is 23.6 Å². The van der Waals surface area contributed by atoms with Gasteiger partial charge in [-0.3, -0.25) is 9.59 Å². The van der Waals surface area contributed by atoms with Gasteiger partial charge in [-0.1, -0.05) is 48.0 Å². The first kappa shape index (κ1) is 17.9. The Morgan fingerprint density at radius 3 is 2.59 bits per heavy atom. The van der Waals surface area contributed by atoms with Gasteiger partial charge in [-0.05, 0) is 29.6 Å². The van der Waals surface area contributed by atoms with E-state index >= 15 is 0 Å². The van der Waals surface area contributed by atoms with Crippen LogP contribution in [0.5, 0.6) is 0 Å². The molecule has 1 N–H and O–H groups in total. The van der Waals surface area contributed by atoms with Gasteiger partial charge in [0, 0.05) is 21.0 Å². The number of thiophene rings is 1. The highest BCUT2D eigenvalue weighted by Crippen LogP contribution is 2.44. The van der Waals surface area contributed by atoms with E-state index in [0.717, 1.165) is 4.88 Å². The number of anilines is 1. The van der Waals surface area contributed by atoms with E-state index in [9.17, 15) is 14.7 Å². The zero-order valence-corrected chi connectivity index (χ0v) is 15.8. The van der Waals surface area contributed by atoms with Gasteiger partial charge in [0.2, 0.25) is 0 Å². The van der Waals surface area contributed by atoms with E-state index in [4.69, 9.17) is 11.6 Å². The second-order valence-electron chi connectivity index (χ2n) is 6.46. The molecule has 0 spiro atoms. The summed E-state index contributed by atoms with van der Waals surface area (Å²) >= 11 is 7.65. The minimum Gasteiger partial charge on any atom is -0.375 e. The maximum absolute atomic E-state index is 13.2. The summed E-state index contributed by atoms with van der Waals surface area (Å²) in [6.07, 6.45) is -0.329. The molecule has 0 fully saturated rings. The number of fused-ring (bicyclic) bond motifs is 1. The van der Waals surface area contributed by atoms with Crippen molar-refractivity contribution in [2.24, 2.45) is 0 Å². The number of rotatable bonds is 5. The Balaban J connectivity index is 1.73. The van der Waals surface area contributed by atoms with Crippen LogP contribution in [0.15, 0.2) is 66.0 Å². The molecule has 1 aliphatic rings. The molecule has 2 heterocycles. The number of carbonyl (C=O) groups excluding carboxylic acids is 2. The largest absolute Gasteiger partial charge is 0.375 e. The highest BCUT2D eigenvalue weighted by atomic mass is 35.5. The van der Waals surface area contributed by atoms with Gasteiger partial charge in [0.1, 0.15) is 0 Å². The summed E-state index contributed by atoms with van der Waals surface area (Å²) in [5.74, 6) is -0.798. The van der Waals surface area contributed by atoms with Gasteiger partial charge in [-0.2, -0.15) is 0 Å².